The van der Waals surface area contributed by atoms with E-state index in [1.54, 1.807) is 6.26 Å². The van der Waals surface area contributed by atoms with Gasteiger partial charge in [0, 0.05) is 0 Å². The third-order valence-corrected chi connectivity index (χ3v) is 4.90. The van der Waals surface area contributed by atoms with Crippen molar-refractivity contribution < 1.29 is 0 Å². The van der Waals surface area contributed by atoms with E-state index in [1.165, 1.54) is 108 Å². The van der Waals surface area contributed by atoms with Crippen molar-refractivity contribution >= 4 is 24.4 Å². The summed E-state index contributed by atoms with van der Waals surface area (Å²) < 4.78 is 0. The molecule has 0 aliphatic heterocycles. The molecule has 0 spiro atoms. The van der Waals surface area contributed by atoms with Gasteiger partial charge in [-0.3, -0.25) is 0 Å². The van der Waals surface area contributed by atoms with Crippen LogP contribution in [0.5, 0.6) is 0 Å². The lowest BCUT2D eigenvalue weighted by atomic mass is 10.0. The molecule has 0 rings (SSSR count). The molecule has 0 bridgehead atoms. The van der Waals surface area contributed by atoms with E-state index in [0.717, 1.165) is 0 Å². The van der Waals surface area contributed by atoms with Gasteiger partial charge < -0.3 is 0 Å². The van der Waals surface area contributed by atoms with Crippen LogP contribution < -0.4 is 0 Å². The maximum absolute atomic E-state index is 3.53. The second-order valence-electron chi connectivity index (χ2n) is 6.30. The number of thiol groups is 1. The van der Waals surface area contributed by atoms with Gasteiger partial charge in [-0.2, -0.15) is 24.4 Å². The van der Waals surface area contributed by atoms with Gasteiger partial charge in [-0.1, -0.05) is 103 Å². The maximum Gasteiger partial charge on any atom is -0.00703 e. The van der Waals surface area contributed by atoms with Crippen LogP contribution in [0.25, 0.3) is 0 Å². The van der Waals surface area contributed by atoms with Crippen LogP contribution in [-0.2, 0) is 0 Å². The van der Waals surface area contributed by atoms with Crippen LogP contribution in [0.15, 0.2) is 0 Å². The van der Waals surface area contributed by atoms with Crippen molar-refractivity contribution in [2.75, 3.05) is 18.3 Å². The van der Waals surface area contributed by atoms with Crippen LogP contribution in [0.1, 0.15) is 110 Å². The molecule has 0 aliphatic rings. The Morgan fingerprint density at radius 3 is 1.05 bits per heavy atom. The number of unbranched alkanes of at least 4 members (excludes halogenated alkanes) is 15. The molecule has 0 amide bonds. The zero-order chi connectivity index (χ0) is 16.7. The van der Waals surface area contributed by atoms with Crippen molar-refractivity contribution in [3.05, 3.63) is 0 Å². The molecule has 2 heteroatoms. The summed E-state index contributed by atoms with van der Waals surface area (Å²) in [5.74, 6) is 1.36. The van der Waals surface area contributed by atoms with Gasteiger partial charge in [0.1, 0.15) is 0 Å². The molecule has 0 radical (unpaired) electrons. The Kier molecular flexibility index (Phi) is 30.2. The minimum absolute atomic E-state index is 1.36. The minimum Gasteiger partial charge on any atom is -0.183 e. The molecule has 0 aromatic carbocycles. The van der Waals surface area contributed by atoms with Crippen molar-refractivity contribution in [2.24, 2.45) is 0 Å². The second kappa shape index (κ2) is 26.6. The van der Waals surface area contributed by atoms with Crippen LogP contribution in [0.3, 0.4) is 0 Å². The average Bonchev–Trinajstić information content (AvgIpc) is 2.56. The van der Waals surface area contributed by atoms with Gasteiger partial charge >= 0.3 is 0 Å². The summed E-state index contributed by atoms with van der Waals surface area (Å²) in [6.07, 6.45) is 27.4. The van der Waals surface area contributed by atoms with E-state index in [2.05, 4.69) is 25.8 Å². The summed E-state index contributed by atoms with van der Waals surface area (Å²) >= 11 is 5.52. The first-order valence-corrected chi connectivity index (χ1v) is 12.1. The highest BCUT2D eigenvalue weighted by molar-refractivity contribution is 7.98. The van der Waals surface area contributed by atoms with Crippen molar-refractivity contribution in [2.45, 2.75) is 110 Å². The fourth-order valence-electron chi connectivity index (χ4n) is 2.79. The summed E-state index contributed by atoms with van der Waals surface area (Å²) in [5, 5.41) is 0. The van der Waals surface area contributed by atoms with E-state index in [4.69, 9.17) is 0 Å². The minimum atomic E-state index is 1.36. The smallest absolute Gasteiger partial charge is 0.00703 e. The predicted octanol–water partition coefficient (Wildman–Crippen LogP) is 8.16. The molecule has 0 aromatic heterocycles. The largest absolute Gasteiger partial charge is 0.183 e. The van der Waals surface area contributed by atoms with Crippen molar-refractivity contribution in [1.29, 1.82) is 0 Å². The van der Waals surface area contributed by atoms with Crippen LogP contribution in [0.4, 0.5) is 0 Å². The molecule has 22 heavy (non-hydrogen) atoms. The van der Waals surface area contributed by atoms with Crippen LogP contribution in [0, 0.1) is 0 Å². The van der Waals surface area contributed by atoms with Gasteiger partial charge in [-0.05, 0) is 24.7 Å². The van der Waals surface area contributed by atoms with E-state index in [0.29, 0.717) is 0 Å². The molecule has 0 nitrogen and oxygen atoms in total. The number of hydrogen-bond donors (Lipinski definition) is 1. The summed E-state index contributed by atoms with van der Waals surface area (Å²) in [4.78, 5) is 0. The van der Waals surface area contributed by atoms with E-state index >= 15 is 0 Å². The van der Waals surface area contributed by atoms with E-state index in [9.17, 15) is 0 Å². The molecule has 0 unspecified atom stereocenters. The van der Waals surface area contributed by atoms with Crippen molar-refractivity contribution in [3.63, 3.8) is 0 Å². The molecular weight excluding hydrogens is 304 g/mol. The molecule has 0 atom stereocenters. The molecule has 0 fully saturated rings. The third-order valence-electron chi connectivity index (χ3n) is 4.20. The third kappa shape index (κ3) is 25.6. The van der Waals surface area contributed by atoms with E-state index < -0.39 is 0 Å². The normalized spacial score (nSPS) is 10.4. The monoisotopic (exact) mass is 348 g/mol. The van der Waals surface area contributed by atoms with Gasteiger partial charge in [0.2, 0.25) is 0 Å². The molecule has 0 aromatic rings. The fourth-order valence-corrected chi connectivity index (χ4v) is 3.29. The van der Waals surface area contributed by atoms with Gasteiger partial charge in [0.25, 0.3) is 0 Å². The molecular formula is C20H44S2. The fraction of sp³-hybridized carbons (Fsp3) is 1.00. The highest BCUT2D eigenvalue weighted by Gasteiger charge is 1.94. The summed E-state index contributed by atoms with van der Waals surface area (Å²) in [5.41, 5.74) is 0. The van der Waals surface area contributed by atoms with E-state index in [-0.39, 0.29) is 0 Å². The van der Waals surface area contributed by atoms with Gasteiger partial charge in [-0.25, -0.2) is 0 Å². The Balaban J connectivity index is 0. The summed E-state index contributed by atoms with van der Waals surface area (Å²) in [7, 11) is 0. The van der Waals surface area contributed by atoms with Crippen molar-refractivity contribution in [3.8, 4) is 0 Å². The van der Waals surface area contributed by atoms with E-state index in [1.807, 2.05) is 11.8 Å². The Morgan fingerprint density at radius 1 is 0.500 bits per heavy atom. The van der Waals surface area contributed by atoms with Gasteiger partial charge in [0.05, 0.1) is 0 Å². The van der Waals surface area contributed by atoms with Gasteiger partial charge in [-0.15, -0.1) is 0 Å². The highest BCUT2D eigenvalue weighted by atomic mass is 32.2. The zero-order valence-corrected chi connectivity index (χ0v) is 17.6. The Hall–Kier alpha value is 0.700. The molecule has 136 valence electrons. The standard InChI is InChI=1S/C19H40S.CH4S/c1-3-4-5-6-7-8-9-10-11-12-13-14-15-16-17-18-19-20-2;1-2/h3-19H2,1-2H3;2H,1H3. The average molecular weight is 349 g/mol. The first kappa shape index (κ1) is 24.9. The summed E-state index contributed by atoms with van der Waals surface area (Å²) in [6.45, 7) is 2.30. The topological polar surface area (TPSA) is 0 Å². The highest BCUT2D eigenvalue weighted by Crippen LogP contribution is 2.13. The molecule has 0 N–H and O–H groups in total. The number of hydrogen-bond acceptors (Lipinski definition) is 2. The Morgan fingerprint density at radius 2 is 0.773 bits per heavy atom. The molecule has 0 saturated carbocycles. The Bertz CT molecular complexity index is 142. The number of rotatable bonds is 17. The second-order valence-corrected chi connectivity index (χ2v) is 7.28. The Labute approximate surface area is 152 Å². The quantitative estimate of drug-likeness (QED) is 0.204. The lowest BCUT2D eigenvalue weighted by molar-refractivity contribution is 0.532. The lowest BCUT2D eigenvalue weighted by Crippen LogP contribution is -1.84. The van der Waals surface area contributed by atoms with Crippen LogP contribution >= 0.6 is 24.4 Å². The molecule has 0 saturated heterocycles. The van der Waals surface area contributed by atoms with Crippen LogP contribution in [-0.4, -0.2) is 18.3 Å². The zero-order valence-electron chi connectivity index (χ0n) is 15.9. The first-order chi connectivity index (χ1) is 10.9. The molecule has 0 heterocycles. The predicted molar refractivity (Wildman–Crippen MR) is 113 cm³/mol. The summed E-state index contributed by atoms with van der Waals surface area (Å²) in [6, 6.07) is 0. The van der Waals surface area contributed by atoms with Crippen molar-refractivity contribution in [1.82, 2.24) is 0 Å². The van der Waals surface area contributed by atoms with Gasteiger partial charge in [0.15, 0.2) is 0 Å². The SMILES string of the molecule is CCCCCCCCCCCCCCCCCCSC.CS. The number of thioether (sulfide) groups is 1. The molecule has 0 aliphatic carbocycles. The lowest BCUT2D eigenvalue weighted by Gasteiger charge is -2.03. The first-order valence-electron chi connectivity index (χ1n) is 9.85. The maximum atomic E-state index is 3.53. The van der Waals surface area contributed by atoms with Crippen LogP contribution in [0.2, 0.25) is 0 Å².